The van der Waals surface area contributed by atoms with Crippen LogP contribution in [0.5, 0.6) is 0 Å². The number of hydrogen-bond acceptors (Lipinski definition) is 3. The van der Waals surface area contributed by atoms with Gasteiger partial charge in [-0.25, -0.2) is 9.69 Å². The van der Waals surface area contributed by atoms with Gasteiger partial charge < -0.3 is 4.74 Å². The first-order valence-corrected chi connectivity index (χ1v) is 13.6. The number of nitrogens with zero attached hydrogens (tertiary/aromatic N) is 1. The summed E-state index contributed by atoms with van der Waals surface area (Å²) in [5.41, 5.74) is 0.900. The number of allylic oxidation sites excluding steroid dienone is 12. The maximum atomic E-state index is 12.5. The van der Waals surface area contributed by atoms with E-state index in [0.29, 0.717) is 13.0 Å². The fourth-order valence-electron chi connectivity index (χ4n) is 3.40. The van der Waals surface area contributed by atoms with Gasteiger partial charge in [-0.15, -0.1) is 0 Å². The zero-order valence-electron chi connectivity index (χ0n) is 22.9. The van der Waals surface area contributed by atoms with Crippen LogP contribution >= 0.6 is 0 Å². The molecule has 1 aromatic rings. The molecule has 1 aromatic carbocycles. The van der Waals surface area contributed by atoms with Crippen molar-refractivity contribution in [1.82, 2.24) is 4.90 Å². The Hall–Kier alpha value is -3.40. The predicted octanol–water partition coefficient (Wildman–Crippen LogP) is 9.21. The van der Waals surface area contributed by atoms with Crippen LogP contribution in [0, 0.1) is 0 Å². The molecule has 37 heavy (non-hydrogen) atoms. The van der Waals surface area contributed by atoms with Gasteiger partial charge in [-0.05, 0) is 64.4 Å². The summed E-state index contributed by atoms with van der Waals surface area (Å²) >= 11 is 0. The molecule has 4 nitrogen and oxygen atoms in total. The first-order chi connectivity index (χ1) is 18.1. The second-order valence-corrected chi connectivity index (χ2v) is 8.53. The average Bonchev–Trinajstić information content (AvgIpc) is 2.90. The molecule has 0 fully saturated rings. The van der Waals surface area contributed by atoms with E-state index in [-0.39, 0.29) is 12.3 Å². The van der Waals surface area contributed by atoms with Gasteiger partial charge in [-0.2, -0.15) is 0 Å². The molecule has 0 radical (unpaired) electrons. The third kappa shape index (κ3) is 16.1. The van der Waals surface area contributed by atoms with Crippen molar-refractivity contribution in [3.63, 3.8) is 0 Å². The fraction of sp³-hybridized carbons (Fsp3) is 0.394. The molecule has 0 aromatic heterocycles. The van der Waals surface area contributed by atoms with Crippen molar-refractivity contribution in [2.45, 2.75) is 78.2 Å². The monoisotopic (exact) mass is 503 g/mol. The Morgan fingerprint density at radius 2 is 1.19 bits per heavy atom. The summed E-state index contributed by atoms with van der Waals surface area (Å²) in [5, 5.41) is 0. The Bertz CT molecular complexity index is 922. The lowest BCUT2D eigenvalue weighted by Crippen LogP contribution is -2.37. The summed E-state index contributed by atoms with van der Waals surface area (Å²) in [4.78, 5) is 26.1. The van der Waals surface area contributed by atoms with Gasteiger partial charge in [-0.3, -0.25) is 4.79 Å². The lowest BCUT2D eigenvalue weighted by Gasteiger charge is -2.21. The van der Waals surface area contributed by atoms with Crippen LogP contribution in [0.4, 0.5) is 4.79 Å². The maximum Gasteiger partial charge on any atom is 0.417 e. The molecule has 0 N–H and O–H groups in total. The lowest BCUT2D eigenvalue weighted by molar-refractivity contribution is -0.129. The Kier molecular flexibility index (Phi) is 18.7. The SMILES string of the molecule is CC/C=C\C/C=C\C/C=C\C/C=C\C/C=C\C/C=C\CCC(=O)N(CC)C(=O)O[C@@H](C)c1ccccc1. The Labute approximate surface area is 224 Å². The predicted molar refractivity (Wildman–Crippen MR) is 156 cm³/mol. The summed E-state index contributed by atoms with van der Waals surface area (Å²) in [6.45, 7) is 6.03. The van der Waals surface area contributed by atoms with Crippen LogP contribution < -0.4 is 0 Å². The Morgan fingerprint density at radius 3 is 1.65 bits per heavy atom. The van der Waals surface area contributed by atoms with Crippen LogP contribution in [0.1, 0.15) is 83.8 Å². The van der Waals surface area contributed by atoms with Crippen molar-refractivity contribution in [3.8, 4) is 0 Å². The van der Waals surface area contributed by atoms with Gasteiger partial charge >= 0.3 is 6.09 Å². The van der Waals surface area contributed by atoms with E-state index in [9.17, 15) is 9.59 Å². The molecule has 1 atom stereocenters. The molecule has 0 aliphatic heterocycles. The quantitative estimate of drug-likeness (QED) is 0.199. The van der Waals surface area contributed by atoms with Crippen molar-refractivity contribution >= 4 is 12.0 Å². The van der Waals surface area contributed by atoms with Crippen molar-refractivity contribution in [2.24, 2.45) is 0 Å². The van der Waals surface area contributed by atoms with Crippen LogP contribution in [-0.4, -0.2) is 23.4 Å². The van der Waals surface area contributed by atoms with E-state index in [2.05, 4.69) is 67.7 Å². The van der Waals surface area contributed by atoms with Crippen LogP contribution in [0.15, 0.2) is 103 Å². The van der Waals surface area contributed by atoms with E-state index < -0.39 is 12.2 Å². The summed E-state index contributed by atoms with van der Waals surface area (Å²) in [6.07, 6.45) is 31.5. The Balaban J connectivity index is 2.17. The number of carbonyl (C=O) groups is 2. The van der Waals surface area contributed by atoms with Crippen molar-refractivity contribution in [1.29, 1.82) is 0 Å². The summed E-state index contributed by atoms with van der Waals surface area (Å²) in [5.74, 6) is -0.215. The Morgan fingerprint density at radius 1 is 0.730 bits per heavy atom. The minimum atomic E-state index is -0.591. The first-order valence-electron chi connectivity index (χ1n) is 13.6. The van der Waals surface area contributed by atoms with Crippen molar-refractivity contribution < 1.29 is 14.3 Å². The first kappa shape index (κ1) is 31.6. The number of carbonyl (C=O) groups excluding carboxylic acids is 2. The number of ether oxygens (including phenoxy) is 1. The van der Waals surface area contributed by atoms with E-state index in [0.717, 1.165) is 44.1 Å². The second kappa shape index (κ2) is 21.8. The number of rotatable bonds is 17. The van der Waals surface area contributed by atoms with Gasteiger partial charge in [-0.1, -0.05) is 110 Å². The molecule has 200 valence electrons. The molecule has 0 heterocycles. The molecule has 0 bridgehead atoms. The van der Waals surface area contributed by atoms with Crippen LogP contribution in [-0.2, 0) is 9.53 Å². The molecule has 0 unspecified atom stereocenters. The third-order valence-electron chi connectivity index (χ3n) is 5.51. The minimum Gasteiger partial charge on any atom is -0.441 e. The number of amides is 2. The van der Waals surface area contributed by atoms with Gasteiger partial charge in [0.05, 0.1) is 0 Å². The van der Waals surface area contributed by atoms with Gasteiger partial charge in [0.1, 0.15) is 6.10 Å². The lowest BCUT2D eigenvalue weighted by atomic mass is 10.1. The third-order valence-corrected chi connectivity index (χ3v) is 5.51. The summed E-state index contributed by atoms with van der Waals surface area (Å²) in [7, 11) is 0. The highest BCUT2D eigenvalue weighted by Gasteiger charge is 2.22. The molecule has 0 spiro atoms. The maximum absolute atomic E-state index is 12.5. The zero-order chi connectivity index (χ0) is 27.0. The normalized spacial score (nSPS) is 13.2. The summed E-state index contributed by atoms with van der Waals surface area (Å²) in [6, 6.07) is 9.51. The van der Waals surface area contributed by atoms with E-state index in [1.165, 1.54) is 4.90 Å². The van der Waals surface area contributed by atoms with Crippen LogP contribution in [0.25, 0.3) is 0 Å². The standard InChI is InChI=1S/C33H45NO3/c1-4-6-7-8-9-10-11-12-13-14-15-16-17-18-19-20-21-22-26-29-32(35)34(5-2)33(36)37-30(3)31-27-24-23-25-28-31/h6-7,9-10,12-13,15-16,18-19,21-25,27-28,30H,4-5,8,11,14,17,20,26,29H2,1-3H3/b7-6-,10-9-,13-12-,16-15-,19-18-,22-21-/t30-/m0/s1. The molecule has 0 saturated heterocycles. The van der Waals surface area contributed by atoms with Crippen molar-refractivity contribution in [2.75, 3.05) is 6.54 Å². The number of hydrogen-bond donors (Lipinski definition) is 0. The molecule has 0 aliphatic rings. The van der Waals surface area contributed by atoms with Crippen LogP contribution in [0.3, 0.4) is 0 Å². The van der Waals surface area contributed by atoms with E-state index in [4.69, 9.17) is 4.74 Å². The van der Waals surface area contributed by atoms with E-state index in [1.54, 1.807) is 6.92 Å². The van der Waals surface area contributed by atoms with Gasteiger partial charge in [0.25, 0.3) is 0 Å². The highest BCUT2D eigenvalue weighted by Crippen LogP contribution is 2.17. The highest BCUT2D eigenvalue weighted by molar-refractivity contribution is 5.92. The number of benzene rings is 1. The van der Waals surface area contributed by atoms with Gasteiger partial charge in [0, 0.05) is 13.0 Å². The minimum absolute atomic E-state index is 0.215. The summed E-state index contributed by atoms with van der Waals surface area (Å²) < 4.78 is 5.48. The largest absolute Gasteiger partial charge is 0.441 e. The molecule has 0 aliphatic carbocycles. The molecule has 4 heteroatoms. The fourth-order valence-corrected chi connectivity index (χ4v) is 3.40. The van der Waals surface area contributed by atoms with Gasteiger partial charge in [0.15, 0.2) is 0 Å². The van der Waals surface area contributed by atoms with Crippen LogP contribution in [0.2, 0.25) is 0 Å². The van der Waals surface area contributed by atoms with Crippen molar-refractivity contribution in [3.05, 3.63) is 109 Å². The number of imide groups is 1. The van der Waals surface area contributed by atoms with E-state index in [1.807, 2.05) is 49.4 Å². The molecular formula is C33H45NO3. The van der Waals surface area contributed by atoms with Gasteiger partial charge in [0.2, 0.25) is 5.91 Å². The topological polar surface area (TPSA) is 46.6 Å². The smallest absolute Gasteiger partial charge is 0.417 e. The zero-order valence-corrected chi connectivity index (χ0v) is 22.9. The molecular weight excluding hydrogens is 458 g/mol. The molecule has 0 saturated carbocycles. The molecule has 2 amide bonds. The molecule has 1 rings (SSSR count). The highest BCUT2D eigenvalue weighted by atomic mass is 16.6. The second-order valence-electron chi connectivity index (χ2n) is 8.53. The van der Waals surface area contributed by atoms with E-state index >= 15 is 0 Å². The average molecular weight is 504 g/mol.